The van der Waals surface area contributed by atoms with Crippen molar-refractivity contribution in [3.8, 4) is 11.5 Å². The number of pyridine rings is 1. The van der Waals surface area contributed by atoms with Crippen LogP contribution in [0, 0.1) is 5.82 Å². The van der Waals surface area contributed by atoms with Gasteiger partial charge in [-0.3, -0.25) is 4.79 Å². The number of hydrogen-bond donors (Lipinski definition) is 0. The van der Waals surface area contributed by atoms with Crippen molar-refractivity contribution in [2.45, 2.75) is 24.8 Å². The molecule has 3 aromatic rings. The molecule has 4 heterocycles. The van der Waals surface area contributed by atoms with Gasteiger partial charge in [0, 0.05) is 6.54 Å². The third-order valence-electron chi connectivity index (χ3n) is 5.51. The molecule has 0 spiro atoms. The van der Waals surface area contributed by atoms with E-state index in [4.69, 9.17) is 16.3 Å². The Labute approximate surface area is 183 Å². The van der Waals surface area contributed by atoms with Crippen molar-refractivity contribution in [1.82, 2.24) is 24.6 Å². The summed E-state index contributed by atoms with van der Waals surface area (Å²) in [5, 5.41) is 7.68. The Kier molecular flexibility index (Phi) is 4.90. The standard InChI is InChI=1S/C20H14ClF4N5O2/c21-16-12(2-1-3-13(16)20(23,24)25)19(31)30-11-7-29-17(14-5-4-10(22)6-26-14)27-28-18(29)15(30)9-32-8-11/h1-6,11,15H,7-9H2/t11-,15-/m1/s1. The summed E-state index contributed by atoms with van der Waals surface area (Å²) < 4.78 is 60.4. The number of amides is 1. The molecule has 1 amide bonds. The summed E-state index contributed by atoms with van der Waals surface area (Å²) in [5.41, 5.74) is -0.909. The number of hydrogen-bond acceptors (Lipinski definition) is 5. The zero-order valence-corrected chi connectivity index (χ0v) is 16.9. The number of rotatable bonds is 2. The third kappa shape index (κ3) is 3.32. The average Bonchev–Trinajstić information content (AvgIpc) is 3.16. The highest BCUT2D eigenvalue weighted by Gasteiger charge is 2.45. The number of ether oxygens (including phenoxy) is 1. The van der Waals surface area contributed by atoms with Gasteiger partial charge in [-0.2, -0.15) is 13.2 Å². The Balaban J connectivity index is 1.54. The summed E-state index contributed by atoms with van der Waals surface area (Å²) in [5.74, 6) is -0.332. The van der Waals surface area contributed by atoms with Gasteiger partial charge in [0.2, 0.25) is 0 Å². The van der Waals surface area contributed by atoms with Gasteiger partial charge in [0.25, 0.3) is 5.91 Å². The van der Waals surface area contributed by atoms with Crippen LogP contribution in [-0.2, 0) is 17.5 Å². The molecule has 0 aliphatic carbocycles. The van der Waals surface area contributed by atoms with E-state index >= 15 is 0 Å². The van der Waals surface area contributed by atoms with E-state index in [9.17, 15) is 22.4 Å². The Hall–Kier alpha value is -3.05. The molecule has 2 bridgehead atoms. The molecule has 12 heteroatoms. The van der Waals surface area contributed by atoms with Crippen molar-refractivity contribution < 1.29 is 27.1 Å². The third-order valence-corrected chi connectivity index (χ3v) is 5.92. The van der Waals surface area contributed by atoms with Crippen molar-refractivity contribution in [3.63, 3.8) is 0 Å². The lowest BCUT2D eigenvalue weighted by molar-refractivity contribution is -0.137. The predicted octanol–water partition coefficient (Wildman–Crippen LogP) is 3.75. The molecule has 2 atom stereocenters. The Morgan fingerprint density at radius 1 is 1.16 bits per heavy atom. The highest BCUT2D eigenvalue weighted by Crippen LogP contribution is 2.39. The van der Waals surface area contributed by atoms with Crippen LogP contribution >= 0.6 is 11.6 Å². The summed E-state index contributed by atoms with van der Waals surface area (Å²) in [6, 6.07) is 4.80. The maximum atomic E-state index is 13.3. The molecule has 0 N–H and O–H groups in total. The normalized spacial score (nSPS) is 20.2. The number of fused-ring (bicyclic) bond motifs is 4. The minimum atomic E-state index is -4.69. The van der Waals surface area contributed by atoms with E-state index in [1.165, 1.54) is 23.1 Å². The molecular formula is C20H14ClF4N5O2. The lowest BCUT2D eigenvalue weighted by atomic mass is 10.0. The van der Waals surface area contributed by atoms with Gasteiger partial charge in [-0.15, -0.1) is 10.2 Å². The first-order valence-electron chi connectivity index (χ1n) is 9.57. The maximum absolute atomic E-state index is 13.3. The number of benzene rings is 1. The largest absolute Gasteiger partial charge is 0.417 e. The second-order valence-corrected chi connectivity index (χ2v) is 7.82. The van der Waals surface area contributed by atoms with Gasteiger partial charge < -0.3 is 14.2 Å². The molecule has 7 nitrogen and oxygen atoms in total. The number of morpholine rings is 1. The van der Waals surface area contributed by atoms with Crippen LogP contribution in [0.15, 0.2) is 36.5 Å². The fraction of sp³-hybridized carbons (Fsp3) is 0.300. The zero-order valence-electron chi connectivity index (χ0n) is 16.2. The number of carbonyl (C=O) groups is 1. The van der Waals surface area contributed by atoms with E-state index in [0.29, 0.717) is 17.3 Å². The van der Waals surface area contributed by atoms with Gasteiger partial charge >= 0.3 is 6.18 Å². The molecule has 1 fully saturated rings. The minimum Gasteiger partial charge on any atom is -0.377 e. The molecule has 166 valence electrons. The van der Waals surface area contributed by atoms with Crippen LogP contribution in [0.5, 0.6) is 0 Å². The first-order chi connectivity index (χ1) is 15.3. The van der Waals surface area contributed by atoms with Gasteiger partial charge in [-0.05, 0) is 24.3 Å². The van der Waals surface area contributed by atoms with Crippen LogP contribution in [-0.4, -0.2) is 49.8 Å². The van der Waals surface area contributed by atoms with Crippen molar-refractivity contribution >= 4 is 17.5 Å². The van der Waals surface area contributed by atoms with Gasteiger partial charge in [0.15, 0.2) is 11.6 Å². The first-order valence-corrected chi connectivity index (χ1v) is 9.94. The fourth-order valence-corrected chi connectivity index (χ4v) is 4.40. The van der Waals surface area contributed by atoms with Crippen LogP contribution in [0.2, 0.25) is 5.02 Å². The molecule has 2 aliphatic rings. The number of aromatic nitrogens is 4. The molecule has 2 aliphatic heterocycles. The van der Waals surface area contributed by atoms with Crippen LogP contribution in [0.4, 0.5) is 17.6 Å². The summed E-state index contributed by atoms with van der Waals surface area (Å²) >= 11 is 5.99. The molecule has 0 unspecified atom stereocenters. The molecule has 1 saturated heterocycles. The molecule has 5 rings (SSSR count). The SMILES string of the molecule is O=C(c1cccc(C(F)(F)F)c1Cl)N1[C@H]2COC[C@@H]1c1nnc(-c3ccc(F)cn3)n1C2. The summed E-state index contributed by atoms with van der Waals surface area (Å²) in [7, 11) is 0. The van der Waals surface area contributed by atoms with Crippen molar-refractivity contribution in [1.29, 1.82) is 0 Å². The van der Waals surface area contributed by atoms with Crippen molar-refractivity contribution in [2.24, 2.45) is 0 Å². The second kappa shape index (κ2) is 7.52. The van der Waals surface area contributed by atoms with Crippen LogP contribution < -0.4 is 0 Å². The van der Waals surface area contributed by atoms with Crippen LogP contribution in [0.1, 0.15) is 27.8 Å². The van der Waals surface area contributed by atoms with Crippen molar-refractivity contribution in [3.05, 3.63) is 64.3 Å². The molecular weight excluding hydrogens is 454 g/mol. The summed E-state index contributed by atoms with van der Waals surface area (Å²) in [6.45, 7) is 0.496. The van der Waals surface area contributed by atoms with E-state index in [1.54, 1.807) is 4.57 Å². The van der Waals surface area contributed by atoms with Crippen LogP contribution in [0.3, 0.4) is 0 Å². The first kappa shape index (κ1) is 20.8. The lowest BCUT2D eigenvalue weighted by Gasteiger charge is -2.45. The fourth-order valence-electron chi connectivity index (χ4n) is 4.08. The van der Waals surface area contributed by atoms with E-state index in [0.717, 1.165) is 18.3 Å². The zero-order chi connectivity index (χ0) is 22.6. The van der Waals surface area contributed by atoms with E-state index in [2.05, 4.69) is 15.2 Å². The predicted molar refractivity (Wildman–Crippen MR) is 103 cm³/mol. The maximum Gasteiger partial charge on any atom is 0.417 e. The van der Waals surface area contributed by atoms with Gasteiger partial charge in [-0.25, -0.2) is 9.37 Å². The summed E-state index contributed by atoms with van der Waals surface area (Å²) in [6.07, 6.45) is -3.62. The quantitative estimate of drug-likeness (QED) is 0.537. The van der Waals surface area contributed by atoms with Crippen molar-refractivity contribution in [2.75, 3.05) is 13.2 Å². The highest BCUT2D eigenvalue weighted by molar-refractivity contribution is 6.34. The Bertz CT molecular complexity index is 1200. The van der Waals surface area contributed by atoms with E-state index < -0.39 is 40.6 Å². The minimum absolute atomic E-state index is 0.0911. The second-order valence-electron chi connectivity index (χ2n) is 7.44. The van der Waals surface area contributed by atoms with E-state index in [-0.39, 0.29) is 25.3 Å². The average molecular weight is 468 g/mol. The Morgan fingerprint density at radius 2 is 1.97 bits per heavy atom. The number of alkyl halides is 3. The molecule has 1 aromatic carbocycles. The monoisotopic (exact) mass is 467 g/mol. The summed E-state index contributed by atoms with van der Waals surface area (Å²) in [4.78, 5) is 18.8. The highest BCUT2D eigenvalue weighted by atomic mass is 35.5. The van der Waals surface area contributed by atoms with E-state index in [1.807, 2.05) is 0 Å². The molecule has 0 radical (unpaired) electrons. The Morgan fingerprint density at radius 3 is 2.69 bits per heavy atom. The number of halogens is 5. The molecule has 32 heavy (non-hydrogen) atoms. The molecule has 0 saturated carbocycles. The van der Waals surface area contributed by atoms with Crippen LogP contribution in [0.25, 0.3) is 11.5 Å². The smallest absolute Gasteiger partial charge is 0.377 e. The number of nitrogens with zero attached hydrogens (tertiary/aromatic N) is 5. The lowest BCUT2D eigenvalue weighted by Crippen LogP contribution is -2.56. The topological polar surface area (TPSA) is 73.1 Å². The molecule has 2 aromatic heterocycles. The van der Waals surface area contributed by atoms with Gasteiger partial charge in [-0.1, -0.05) is 17.7 Å². The number of carbonyl (C=O) groups excluding carboxylic acids is 1. The van der Waals surface area contributed by atoms with Gasteiger partial charge in [0.05, 0.1) is 41.6 Å². The van der Waals surface area contributed by atoms with Gasteiger partial charge in [0.1, 0.15) is 17.6 Å².